The molecule has 162 valence electrons. The SMILES string of the molecule is CCCCCCCCCCCCCCCCN(N)S(=O)(=O)c1ccc(C)cc1. The Kier molecular flexibility index (Phi) is 13.5. The molecule has 1 rings (SSSR count). The highest BCUT2D eigenvalue weighted by atomic mass is 32.2. The van der Waals surface area contributed by atoms with E-state index in [-0.39, 0.29) is 4.90 Å². The molecule has 0 spiro atoms. The molecule has 4 nitrogen and oxygen atoms in total. The molecule has 0 unspecified atom stereocenters. The molecule has 0 atom stereocenters. The van der Waals surface area contributed by atoms with Gasteiger partial charge in [-0.05, 0) is 25.5 Å². The van der Waals surface area contributed by atoms with Gasteiger partial charge in [-0.25, -0.2) is 8.42 Å². The number of aryl methyl sites for hydroxylation is 1. The van der Waals surface area contributed by atoms with Crippen LogP contribution in [-0.2, 0) is 10.0 Å². The van der Waals surface area contributed by atoms with Gasteiger partial charge in [0.1, 0.15) is 0 Å². The number of rotatable bonds is 17. The van der Waals surface area contributed by atoms with Crippen LogP contribution in [0.3, 0.4) is 0 Å². The van der Waals surface area contributed by atoms with Crippen molar-refractivity contribution in [1.29, 1.82) is 0 Å². The van der Waals surface area contributed by atoms with E-state index in [1.54, 1.807) is 24.3 Å². The van der Waals surface area contributed by atoms with E-state index < -0.39 is 10.0 Å². The highest BCUT2D eigenvalue weighted by Crippen LogP contribution is 2.16. The Balaban J connectivity index is 2.00. The van der Waals surface area contributed by atoms with Gasteiger partial charge < -0.3 is 0 Å². The van der Waals surface area contributed by atoms with E-state index in [2.05, 4.69) is 6.92 Å². The summed E-state index contributed by atoms with van der Waals surface area (Å²) in [5.41, 5.74) is 1.04. The van der Waals surface area contributed by atoms with Crippen molar-refractivity contribution < 1.29 is 8.42 Å². The summed E-state index contributed by atoms with van der Waals surface area (Å²) in [6.45, 7) is 4.58. The van der Waals surface area contributed by atoms with E-state index in [1.807, 2.05) is 6.92 Å². The summed E-state index contributed by atoms with van der Waals surface area (Å²) in [7, 11) is -3.56. The first-order valence-corrected chi connectivity index (χ1v) is 12.8. The molecule has 0 aliphatic heterocycles. The minimum Gasteiger partial charge on any atom is -0.255 e. The van der Waals surface area contributed by atoms with Gasteiger partial charge in [0.25, 0.3) is 10.0 Å². The quantitative estimate of drug-likeness (QED) is 0.185. The van der Waals surface area contributed by atoms with Crippen LogP contribution in [0.15, 0.2) is 29.2 Å². The van der Waals surface area contributed by atoms with Gasteiger partial charge >= 0.3 is 0 Å². The van der Waals surface area contributed by atoms with Crippen molar-refractivity contribution in [1.82, 2.24) is 4.41 Å². The van der Waals surface area contributed by atoms with Gasteiger partial charge in [-0.15, -0.1) is 4.41 Å². The Labute approximate surface area is 173 Å². The molecule has 2 N–H and O–H groups in total. The smallest absolute Gasteiger partial charge is 0.255 e. The average Bonchev–Trinajstić information content (AvgIpc) is 2.68. The fraction of sp³-hybridized carbons (Fsp3) is 0.739. The number of unbranched alkanes of at least 4 members (excludes halogenated alkanes) is 13. The summed E-state index contributed by atoms with van der Waals surface area (Å²) in [5.74, 6) is 5.81. The Morgan fingerprint density at radius 3 is 1.54 bits per heavy atom. The second-order valence-electron chi connectivity index (χ2n) is 8.03. The van der Waals surface area contributed by atoms with Crippen LogP contribution in [0.4, 0.5) is 0 Å². The molecule has 0 saturated carbocycles. The van der Waals surface area contributed by atoms with Crippen LogP contribution in [0.1, 0.15) is 102 Å². The monoisotopic (exact) mass is 410 g/mol. The summed E-state index contributed by atoms with van der Waals surface area (Å²) in [5, 5.41) is 0. The maximum Gasteiger partial charge on any atom is 0.255 e. The second kappa shape index (κ2) is 15.0. The zero-order valence-electron chi connectivity index (χ0n) is 18.2. The number of hydrazine groups is 1. The van der Waals surface area contributed by atoms with Crippen molar-refractivity contribution in [3.05, 3.63) is 29.8 Å². The van der Waals surface area contributed by atoms with Gasteiger partial charge in [0, 0.05) is 6.54 Å². The summed E-state index contributed by atoms with van der Waals surface area (Å²) in [6, 6.07) is 6.84. The summed E-state index contributed by atoms with van der Waals surface area (Å²) in [4.78, 5) is 0.269. The Morgan fingerprint density at radius 1 is 0.714 bits per heavy atom. The van der Waals surface area contributed by atoms with Gasteiger partial charge in [-0.3, -0.25) is 5.84 Å². The molecule has 0 amide bonds. The molecule has 0 fully saturated rings. The average molecular weight is 411 g/mol. The maximum atomic E-state index is 12.4. The lowest BCUT2D eigenvalue weighted by molar-refractivity contribution is 0.409. The van der Waals surface area contributed by atoms with Crippen LogP contribution in [0.5, 0.6) is 0 Å². The molecule has 0 aliphatic rings. The van der Waals surface area contributed by atoms with Crippen molar-refractivity contribution in [2.45, 2.75) is 109 Å². The molecule has 0 bridgehead atoms. The molecule has 1 aromatic rings. The molecule has 0 saturated heterocycles. The van der Waals surface area contributed by atoms with Gasteiger partial charge in [0.2, 0.25) is 0 Å². The van der Waals surface area contributed by atoms with E-state index in [0.29, 0.717) is 6.54 Å². The third-order valence-corrected chi connectivity index (χ3v) is 7.03. The highest BCUT2D eigenvalue weighted by molar-refractivity contribution is 7.89. The van der Waals surface area contributed by atoms with Crippen LogP contribution in [0.25, 0.3) is 0 Å². The summed E-state index contributed by atoms with van der Waals surface area (Å²) in [6.07, 6.45) is 18.0. The Morgan fingerprint density at radius 2 is 1.11 bits per heavy atom. The van der Waals surface area contributed by atoms with E-state index in [1.165, 1.54) is 70.6 Å². The van der Waals surface area contributed by atoms with Crippen molar-refractivity contribution in [2.24, 2.45) is 5.84 Å². The molecular formula is C23H42N2O2S. The summed E-state index contributed by atoms with van der Waals surface area (Å²) < 4.78 is 25.8. The van der Waals surface area contributed by atoms with Crippen molar-refractivity contribution in [2.75, 3.05) is 6.54 Å². The number of sulfonamides is 1. The first-order chi connectivity index (χ1) is 13.5. The maximum absolute atomic E-state index is 12.4. The normalized spacial score (nSPS) is 12.0. The number of hydrogen-bond acceptors (Lipinski definition) is 3. The molecule has 0 aliphatic carbocycles. The Bertz CT molecular complexity index is 600. The first-order valence-electron chi connectivity index (χ1n) is 11.3. The number of nitrogens with zero attached hydrogens (tertiary/aromatic N) is 1. The molecule has 28 heavy (non-hydrogen) atoms. The fourth-order valence-electron chi connectivity index (χ4n) is 3.43. The minimum absolute atomic E-state index is 0.269. The van der Waals surface area contributed by atoms with Crippen molar-refractivity contribution in [3.63, 3.8) is 0 Å². The predicted octanol–water partition coefficient (Wildman–Crippen LogP) is 6.34. The van der Waals surface area contributed by atoms with Gasteiger partial charge in [0.05, 0.1) is 4.90 Å². The second-order valence-corrected chi connectivity index (χ2v) is 9.92. The zero-order valence-corrected chi connectivity index (χ0v) is 19.0. The zero-order chi connectivity index (χ0) is 20.7. The van der Waals surface area contributed by atoms with Crippen LogP contribution in [0.2, 0.25) is 0 Å². The van der Waals surface area contributed by atoms with Gasteiger partial charge in [-0.2, -0.15) is 0 Å². The van der Waals surface area contributed by atoms with E-state index in [4.69, 9.17) is 5.84 Å². The minimum atomic E-state index is -3.56. The standard InChI is InChI=1S/C23H42N2O2S/c1-3-4-5-6-7-8-9-10-11-12-13-14-15-16-21-25(24)28(26,27)23-19-17-22(2)18-20-23/h17-20H,3-16,21,24H2,1-2H3. The van der Waals surface area contributed by atoms with E-state index >= 15 is 0 Å². The lowest BCUT2D eigenvalue weighted by atomic mass is 10.0. The largest absolute Gasteiger partial charge is 0.255 e. The van der Waals surface area contributed by atoms with E-state index in [0.717, 1.165) is 29.2 Å². The number of benzene rings is 1. The third-order valence-electron chi connectivity index (χ3n) is 5.36. The van der Waals surface area contributed by atoms with Crippen LogP contribution >= 0.6 is 0 Å². The molecular weight excluding hydrogens is 368 g/mol. The fourth-order valence-corrected chi connectivity index (χ4v) is 4.55. The molecule has 0 aromatic heterocycles. The van der Waals surface area contributed by atoms with Gasteiger partial charge in [0.15, 0.2) is 0 Å². The van der Waals surface area contributed by atoms with Crippen LogP contribution in [-0.4, -0.2) is 19.4 Å². The van der Waals surface area contributed by atoms with Crippen molar-refractivity contribution in [3.8, 4) is 0 Å². The first kappa shape index (κ1) is 25.1. The molecule has 0 radical (unpaired) electrons. The lowest BCUT2D eigenvalue weighted by Crippen LogP contribution is -2.38. The number of hydrogen-bond donors (Lipinski definition) is 1. The molecule has 0 heterocycles. The van der Waals surface area contributed by atoms with E-state index in [9.17, 15) is 8.42 Å². The topological polar surface area (TPSA) is 63.4 Å². The lowest BCUT2D eigenvalue weighted by Gasteiger charge is -2.16. The van der Waals surface area contributed by atoms with Gasteiger partial charge in [-0.1, -0.05) is 108 Å². The molecule has 5 heteroatoms. The number of nitrogens with two attached hydrogens (primary N) is 1. The Hall–Kier alpha value is -0.910. The van der Waals surface area contributed by atoms with Crippen LogP contribution < -0.4 is 5.84 Å². The van der Waals surface area contributed by atoms with Crippen LogP contribution in [0, 0.1) is 6.92 Å². The predicted molar refractivity (Wildman–Crippen MR) is 120 cm³/mol. The highest BCUT2D eigenvalue weighted by Gasteiger charge is 2.20. The summed E-state index contributed by atoms with van der Waals surface area (Å²) >= 11 is 0. The third kappa shape index (κ3) is 10.6. The molecule has 1 aromatic carbocycles. The van der Waals surface area contributed by atoms with Crippen molar-refractivity contribution >= 4 is 10.0 Å².